The lowest BCUT2D eigenvalue weighted by Gasteiger charge is -2.48. The Balaban J connectivity index is 0.00000176. The molecule has 1 saturated carbocycles. The first-order chi connectivity index (χ1) is 10.1. The molecule has 3 rings (SSSR count). The molecule has 1 aliphatic carbocycles. The van der Waals surface area contributed by atoms with E-state index in [2.05, 4.69) is 5.32 Å². The molecule has 0 spiro atoms. The molecule has 0 aromatic heterocycles. The minimum absolute atomic E-state index is 0. The molecule has 1 aliphatic heterocycles. The molecule has 1 saturated heterocycles. The highest BCUT2D eigenvalue weighted by Crippen LogP contribution is 2.52. The van der Waals surface area contributed by atoms with Crippen LogP contribution in [0.4, 0.5) is 0 Å². The maximum absolute atomic E-state index is 11.3. The Kier molecular flexibility index (Phi) is 5.38. The fraction of sp³-hybridized carbons (Fsp3) is 0.647. The van der Waals surface area contributed by atoms with E-state index in [0.717, 1.165) is 30.7 Å². The fourth-order valence-electron chi connectivity index (χ4n) is 3.44. The third-order valence-corrected chi connectivity index (χ3v) is 4.81. The maximum Gasteiger partial charge on any atom is 0.138 e. The molecule has 1 aromatic carbocycles. The van der Waals surface area contributed by atoms with Crippen molar-refractivity contribution < 1.29 is 14.6 Å². The predicted molar refractivity (Wildman–Crippen MR) is 88.7 cm³/mol. The maximum atomic E-state index is 11.3. The number of para-hydroxylation sites is 1. The fourth-order valence-corrected chi connectivity index (χ4v) is 3.44. The Bertz CT molecular complexity index is 496. The largest absolute Gasteiger partial charge is 0.493 e. The molecule has 2 N–H and O–H groups in total. The minimum atomic E-state index is -0.895. The Labute approximate surface area is 138 Å². The third kappa shape index (κ3) is 2.85. The summed E-state index contributed by atoms with van der Waals surface area (Å²) >= 11 is 0. The van der Waals surface area contributed by atoms with Crippen LogP contribution in [-0.2, 0) is 10.3 Å². The van der Waals surface area contributed by atoms with Gasteiger partial charge in [-0.3, -0.25) is 0 Å². The van der Waals surface area contributed by atoms with E-state index in [-0.39, 0.29) is 12.4 Å². The van der Waals surface area contributed by atoms with Crippen LogP contribution in [-0.4, -0.2) is 37.0 Å². The average molecular weight is 328 g/mol. The number of benzene rings is 1. The molecule has 1 aromatic rings. The van der Waals surface area contributed by atoms with Crippen molar-refractivity contribution in [1.82, 2.24) is 5.32 Å². The summed E-state index contributed by atoms with van der Waals surface area (Å²) in [6, 6.07) is 7.93. The number of rotatable bonds is 5. The zero-order chi connectivity index (χ0) is 14.9. The monoisotopic (exact) mass is 327 g/mol. The van der Waals surface area contributed by atoms with Gasteiger partial charge in [0.2, 0.25) is 0 Å². The van der Waals surface area contributed by atoms with Gasteiger partial charge in [0, 0.05) is 18.7 Å². The van der Waals surface area contributed by atoms with Crippen molar-refractivity contribution in [3.8, 4) is 5.75 Å². The standard InChI is InChI=1S/C17H25NO3.ClH/c1-3-20-15-7-5-4-6-14(15)17(12-18-10-11-21-17)16(2,19)13-8-9-13;/h4-7,13,18-19H,3,8-12H2,1-2H3;1H. The Hall–Kier alpha value is -0.810. The van der Waals surface area contributed by atoms with Crippen LogP contribution in [0.5, 0.6) is 5.75 Å². The van der Waals surface area contributed by atoms with Gasteiger partial charge in [0.05, 0.1) is 18.8 Å². The van der Waals surface area contributed by atoms with Gasteiger partial charge in [0.1, 0.15) is 11.4 Å². The van der Waals surface area contributed by atoms with Crippen LogP contribution in [0.15, 0.2) is 24.3 Å². The van der Waals surface area contributed by atoms with Gasteiger partial charge in [-0.05, 0) is 38.7 Å². The normalized spacial score (nSPS) is 27.6. The van der Waals surface area contributed by atoms with E-state index in [9.17, 15) is 5.11 Å². The number of morpholine rings is 1. The number of hydrogen-bond acceptors (Lipinski definition) is 4. The van der Waals surface area contributed by atoms with Crippen LogP contribution in [0.25, 0.3) is 0 Å². The van der Waals surface area contributed by atoms with Gasteiger partial charge in [-0.15, -0.1) is 12.4 Å². The second-order valence-corrected chi connectivity index (χ2v) is 6.20. The van der Waals surface area contributed by atoms with Crippen molar-refractivity contribution >= 4 is 12.4 Å². The quantitative estimate of drug-likeness (QED) is 0.872. The lowest BCUT2D eigenvalue weighted by Crippen LogP contribution is -2.61. The van der Waals surface area contributed by atoms with Crippen molar-refractivity contribution in [2.75, 3.05) is 26.3 Å². The lowest BCUT2D eigenvalue weighted by molar-refractivity contribution is -0.203. The third-order valence-electron chi connectivity index (χ3n) is 4.81. The second-order valence-electron chi connectivity index (χ2n) is 6.20. The van der Waals surface area contributed by atoms with Crippen molar-refractivity contribution in [2.24, 2.45) is 5.92 Å². The molecular formula is C17H26ClNO3. The van der Waals surface area contributed by atoms with E-state index in [1.807, 2.05) is 38.1 Å². The van der Waals surface area contributed by atoms with E-state index >= 15 is 0 Å². The number of ether oxygens (including phenoxy) is 2. The Morgan fingerprint density at radius 1 is 1.41 bits per heavy atom. The molecule has 2 aliphatic rings. The summed E-state index contributed by atoms with van der Waals surface area (Å²) in [4.78, 5) is 0. The van der Waals surface area contributed by atoms with Gasteiger partial charge in [-0.25, -0.2) is 0 Å². The summed E-state index contributed by atoms with van der Waals surface area (Å²) in [7, 11) is 0. The number of aliphatic hydroxyl groups is 1. The van der Waals surface area contributed by atoms with Gasteiger partial charge in [0.15, 0.2) is 0 Å². The van der Waals surface area contributed by atoms with Gasteiger partial charge < -0.3 is 19.9 Å². The molecule has 2 atom stereocenters. The van der Waals surface area contributed by atoms with E-state index in [1.165, 1.54) is 0 Å². The smallest absolute Gasteiger partial charge is 0.138 e. The minimum Gasteiger partial charge on any atom is -0.493 e. The van der Waals surface area contributed by atoms with Crippen molar-refractivity contribution in [2.45, 2.75) is 37.9 Å². The van der Waals surface area contributed by atoms with Gasteiger partial charge in [-0.1, -0.05) is 18.2 Å². The molecule has 22 heavy (non-hydrogen) atoms. The number of nitrogens with one attached hydrogen (secondary N) is 1. The summed E-state index contributed by atoms with van der Waals surface area (Å²) in [6.45, 7) is 6.53. The first-order valence-corrected chi connectivity index (χ1v) is 7.91. The molecule has 2 fully saturated rings. The zero-order valence-corrected chi connectivity index (χ0v) is 14.1. The summed E-state index contributed by atoms with van der Waals surface area (Å²) in [5.74, 6) is 1.11. The molecule has 4 nitrogen and oxygen atoms in total. The molecular weight excluding hydrogens is 302 g/mol. The SMILES string of the molecule is CCOc1ccccc1C1(C(C)(O)C2CC2)CNCCO1.Cl. The molecule has 5 heteroatoms. The zero-order valence-electron chi connectivity index (χ0n) is 13.3. The van der Waals surface area contributed by atoms with E-state index in [1.54, 1.807) is 0 Å². The van der Waals surface area contributed by atoms with E-state index < -0.39 is 11.2 Å². The summed E-state index contributed by atoms with van der Waals surface area (Å²) in [6.07, 6.45) is 2.13. The van der Waals surface area contributed by atoms with Crippen LogP contribution < -0.4 is 10.1 Å². The summed E-state index contributed by atoms with van der Waals surface area (Å²) < 4.78 is 12.0. The highest BCUT2D eigenvalue weighted by molar-refractivity contribution is 5.85. The molecule has 0 bridgehead atoms. The van der Waals surface area contributed by atoms with E-state index in [4.69, 9.17) is 9.47 Å². The van der Waals surface area contributed by atoms with Crippen molar-refractivity contribution in [3.63, 3.8) is 0 Å². The van der Waals surface area contributed by atoms with Gasteiger partial charge >= 0.3 is 0 Å². The molecule has 1 heterocycles. The average Bonchev–Trinajstić information content (AvgIpc) is 3.34. The number of hydrogen-bond donors (Lipinski definition) is 2. The predicted octanol–water partition coefficient (Wildman–Crippen LogP) is 2.48. The van der Waals surface area contributed by atoms with Crippen molar-refractivity contribution in [1.29, 1.82) is 0 Å². The number of halogens is 1. The van der Waals surface area contributed by atoms with Crippen LogP contribution >= 0.6 is 12.4 Å². The molecule has 0 radical (unpaired) electrons. The highest BCUT2D eigenvalue weighted by Gasteiger charge is 2.58. The van der Waals surface area contributed by atoms with E-state index in [0.29, 0.717) is 25.7 Å². The Morgan fingerprint density at radius 2 is 2.14 bits per heavy atom. The molecule has 124 valence electrons. The summed E-state index contributed by atoms with van der Waals surface area (Å²) in [5, 5.41) is 14.6. The molecule has 2 unspecified atom stereocenters. The Morgan fingerprint density at radius 3 is 2.73 bits per heavy atom. The summed E-state index contributed by atoms with van der Waals surface area (Å²) in [5.41, 5.74) is -0.679. The second kappa shape index (κ2) is 6.75. The van der Waals surface area contributed by atoms with Crippen LogP contribution in [0.3, 0.4) is 0 Å². The van der Waals surface area contributed by atoms with Gasteiger partial charge in [-0.2, -0.15) is 0 Å². The van der Waals surface area contributed by atoms with Gasteiger partial charge in [0.25, 0.3) is 0 Å². The topological polar surface area (TPSA) is 50.7 Å². The van der Waals surface area contributed by atoms with Crippen molar-refractivity contribution in [3.05, 3.63) is 29.8 Å². The van der Waals surface area contributed by atoms with Crippen LogP contribution in [0.1, 0.15) is 32.3 Å². The molecule has 0 amide bonds. The lowest BCUT2D eigenvalue weighted by atomic mass is 9.74. The van der Waals surface area contributed by atoms with Crippen LogP contribution in [0, 0.1) is 5.92 Å². The van der Waals surface area contributed by atoms with Crippen LogP contribution in [0.2, 0.25) is 0 Å². The highest BCUT2D eigenvalue weighted by atomic mass is 35.5. The first kappa shape index (κ1) is 17.5. The first-order valence-electron chi connectivity index (χ1n) is 7.91.